The first-order valence-electron chi connectivity index (χ1n) is 8.54. The molecule has 0 fully saturated rings. The Morgan fingerprint density at radius 1 is 1.15 bits per heavy atom. The largest absolute Gasteiger partial charge is 0.357 e. The first-order valence-corrected chi connectivity index (χ1v) is 10.4. The van der Waals surface area contributed by atoms with Gasteiger partial charge in [0.05, 0.1) is 23.7 Å². The molecule has 1 aromatic carbocycles. The van der Waals surface area contributed by atoms with Gasteiger partial charge in [-0.05, 0) is 50.1 Å². The highest BCUT2D eigenvalue weighted by Gasteiger charge is 2.10. The number of sulfone groups is 1. The number of nitrogens with zero attached hydrogens (tertiary/aromatic N) is 2. The number of pyridine rings is 1. The van der Waals surface area contributed by atoms with Crippen molar-refractivity contribution in [2.75, 3.05) is 12.8 Å². The summed E-state index contributed by atoms with van der Waals surface area (Å²) in [6, 6.07) is 11.2. The van der Waals surface area contributed by atoms with E-state index in [4.69, 9.17) is 0 Å². The lowest BCUT2D eigenvalue weighted by Crippen LogP contribution is -2.37. The predicted molar refractivity (Wildman–Crippen MR) is 120 cm³/mol. The minimum Gasteiger partial charge on any atom is -0.357 e. The van der Waals surface area contributed by atoms with Crippen molar-refractivity contribution in [1.82, 2.24) is 15.6 Å². The van der Waals surface area contributed by atoms with Gasteiger partial charge >= 0.3 is 0 Å². The van der Waals surface area contributed by atoms with Gasteiger partial charge in [0.1, 0.15) is 0 Å². The van der Waals surface area contributed by atoms with Gasteiger partial charge in [-0.2, -0.15) is 0 Å². The van der Waals surface area contributed by atoms with Gasteiger partial charge in [0.2, 0.25) is 0 Å². The number of guanidine groups is 1. The fraction of sp³-hybridized carbons (Fsp3) is 0.368. The molecule has 8 heteroatoms. The summed E-state index contributed by atoms with van der Waals surface area (Å²) < 4.78 is 23.4. The number of aryl methyl sites for hydroxylation is 2. The third-order valence-electron chi connectivity index (χ3n) is 3.79. The third kappa shape index (κ3) is 7.45. The van der Waals surface area contributed by atoms with Crippen LogP contribution in [0.15, 0.2) is 46.3 Å². The van der Waals surface area contributed by atoms with Crippen molar-refractivity contribution in [3.63, 3.8) is 0 Å². The van der Waals surface area contributed by atoms with E-state index in [1.54, 1.807) is 19.1 Å². The lowest BCUT2D eigenvalue weighted by atomic mass is 10.1. The van der Waals surface area contributed by atoms with Gasteiger partial charge in [-0.15, -0.1) is 24.0 Å². The van der Waals surface area contributed by atoms with Crippen LogP contribution in [0.25, 0.3) is 0 Å². The average molecular weight is 502 g/mol. The predicted octanol–water partition coefficient (Wildman–Crippen LogP) is 2.98. The Kier molecular flexibility index (Phi) is 9.17. The summed E-state index contributed by atoms with van der Waals surface area (Å²) in [6.07, 6.45) is 1.22. The molecule has 2 aromatic rings. The van der Waals surface area contributed by atoms with Crippen molar-refractivity contribution in [2.24, 2.45) is 4.99 Å². The summed E-state index contributed by atoms with van der Waals surface area (Å²) in [5.74, 6) is 0.695. The van der Waals surface area contributed by atoms with E-state index in [1.165, 1.54) is 6.26 Å². The zero-order valence-corrected chi connectivity index (χ0v) is 19.3. The minimum atomic E-state index is -3.20. The molecule has 1 heterocycles. The average Bonchev–Trinajstić information content (AvgIpc) is 2.56. The minimum absolute atomic E-state index is 0. The zero-order chi connectivity index (χ0) is 19.2. The van der Waals surface area contributed by atoms with E-state index >= 15 is 0 Å². The van der Waals surface area contributed by atoms with E-state index < -0.39 is 9.84 Å². The molecule has 6 nitrogen and oxygen atoms in total. The van der Waals surface area contributed by atoms with E-state index in [2.05, 4.69) is 20.6 Å². The molecule has 0 saturated carbocycles. The van der Waals surface area contributed by atoms with Crippen molar-refractivity contribution >= 4 is 39.8 Å². The maximum atomic E-state index is 11.7. The van der Waals surface area contributed by atoms with Gasteiger partial charge in [-0.1, -0.05) is 18.2 Å². The first-order chi connectivity index (χ1) is 12.3. The van der Waals surface area contributed by atoms with Crippen molar-refractivity contribution < 1.29 is 8.42 Å². The van der Waals surface area contributed by atoms with E-state index in [0.717, 1.165) is 29.1 Å². The Morgan fingerprint density at radius 3 is 2.48 bits per heavy atom. The highest BCUT2D eigenvalue weighted by atomic mass is 127. The number of benzene rings is 1. The lowest BCUT2D eigenvalue weighted by Gasteiger charge is -2.12. The number of rotatable bonds is 6. The summed E-state index contributed by atoms with van der Waals surface area (Å²) in [5.41, 5.74) is 3.62. The van der Waals surface area contributed by atoms with E-state index in [0.29, 0.717) is 23.9 Å². The summed E-state index contributed by atoms with van der Waals surface area (Å²) in [5, 5.41) is 6.47. The van der Waals surface area contributed by atoms with Crippen molar-refractivity contribution in [3.8, 4) is 0 Å². The fourth-order valence-electron chi connectivity index (χ4n) is 2.61. The Balaban J connectivity index is 0.00000364. The molecule has 0 spiro atoms. The number of halogens is 1. The molecular formula is C19H27IN4O2S. The molecule has 0 unspecified atom stereocenters. The molecule has 0 amide bonds. The van der Waals surface area contributed by atoms with E-state index in [9.17, 15) is 8.42 Å². The van der Waals surface area contributed by atoms with E-state index in [1.807, 2.05) is 38.1 Å². The number of nitrogens with one attached hydrogen (secondary N) is 2. The van der Waals surface area contributed by atoms with Crippen LogP contribution in [-0.2, 0) is 22.9 Å². The van der Waals surface area contributed by atoms with Crippen LogP contribution < -0.4 is 10.6 Å². The molecule has 1 aromatic heterocycles. The molecule has 0 radical (unpaired) electrons. The Bertz CT molecular complexity index is 898. The topological polar surface area (TPSA) is 83.5 Å². The summed E-state index contributed by atoms with van der Waals surface area (Å²) in [4.78, 5) is 9.40. The van der Waals surface area contributed by atoms with Gasteiger partial charge in [0.25, 0.3) is 0 Å². The van der Waals surface area contributed by atoms with Crippen molar-refractivity contribution in [2.45, 2.75) is 38.8 Å². The summed E-state index contributed by atoms with van der Waals surface area (Å²) in [6.45, 7) is 7.56. The van der Waals surface area contributed by atoms with Crippen molar-refractivity contribution in [1.29, 1.82) is 0 Å². The lowest BCUT2D eigenvalue weighted by molar-refractivity contribution is 0.601. The van der Waals surface area contributed by atoms with Crippen LogP contribution in [0.2, 0.25) is 0 Å². The summed E-state index contributed by atoms with van der Waals surface area (Å²) >= 11 is 0. The normalized spacial score (nSPS) is 11.6. The monoisotopic (exact) mass is 502 g/mol. The zero-order valence-electron chi connectivity index (χ0n) is 16.1. The Hall–Kier alpha value is -1.68. The number of hydrogen-bond donors (Lipinski definition) is 2. The van der Waals surface area contributed by atoms with Crippen LogP contribution in [0.5, 0.6) is 0 Å². The van der Waals surface area contributed by atoms with E-state index in [-0.39, 0.29) is 24.0 Å². The molecule has 0 saturated heterocycles. The van der Waals surface area contributed by atoms with Crippen LogP contribution in [0.1, 0.15) is 29.4 Å². The van der Waals surface area contributed by atoms with Gasteiger partial charge in [0, 0.05) is 18.5 Å². The highest BCUT2D eigenvalue weighted by Crippen LogP contribution is 2.17. The number of aromatic nitrogens is 1. The molecule has 0 aliphatic carbocycles. The standard InChI is InChI=1S/C19H26N4O2S.HI/c1-5-20-19(22-13-17-8-6-7-15(3)23-17)21-12-16-9-10-18(14(2)11-16)26(4,24)25;/h6-11H,5,12-13H2,1-4H3,(H2,20,21,22);1H. The second kappa shape index (κ2) is 10.6. The van der Waals surface area contributed by atoms with Crippen LogP contribution in [-0.4, -0.2) is 32.2 Å². The Labute approximate surface area is 178 Å². The van der Waals surface area contributed by atoms with Gasteiger partial charge in [0.15, 0.2) is 15.8 Å². The van der Waals surface area contributed by atoms with Gasteiger partial charge in [-0.3, -0.25) is 4.98 Å². The fourth-order valence-corrected chi connectivity index (χ4v) is 3.57. The molecular weight excluding hydrogens is 475 g/mol. The SMILES string of the molecule is CCNC(=NCc1ccc(S(C)(=O)=O)c(C)c1)NCc1cccc(C)n1.I. The molecule has 27 heavy (non-hydrogen) atoms. The van der Waals surface area contributed by atoms with Gasteiger partial charge < -0.3 is 10.6 Å². The van der Waals surface area contributed by atoms with Crippen LogP contribution in [0, 0.1) is 13.8 Å². The molecule has 0 aliphatic rings. The third-order valence-corrected chi connectivity index (χ3v) is 5.04. The molecule has 2 rings (SSSR count). The maximum Gasteiger partial charge on any atom is 0.191 e. The molecule has 2 N–H and O–H groups in total. The second-order valence-corrected chi connectivity index (χ2v) is 8.18. The quantitative estimate of drug-likeness (QED) is 0.361. The highest BCUT2D eigenvalue weighted by molar-refractivity contribution is 14.0. The van der Waals surface area contributed by atoms with Crippen LogP contribution in [0.4, 0.5) is 0 Å². The first kappa shape index (κ1) is 23.4. The Morgan fingerprint density at radius 2 is 1.89 bits per heavy atom. The van der Waals surface area contributed by atoms with Crippen LogP contribution >= 0.6 is 24.0 Å². The van der Waals surface area contributed by atoms with Crippen LogP contribution in [0.3, 0.4) is 0 Å². The number of aliphatic imine (C=N–C) groups is 1. The maximum absolute atomic E-state index is 11.7. The second-order valence-electron chi connectivity index (χ2n) is 6.19. The van der Waals surface area contributed by atoms with Crippen molar-refractivity contribution in [3.05, 3.63) is 58.9 Å². The number of hydrogen-bond acceptors (Lipinski definition) is 4. The molecule has 0 atom stereocenters. The summed E-state index contributed by atoms with van der Waals surface area (Å²) in [7, 11) is -3.20. The smallest absolute Gasteiger partial charge is 0.191 e. The molecule has 148 valence electrons. The molecule has 0 aliphatic heterocycles. The molecule has 0 bridgehead atoms. The van der Waals surface area contributed by atoms with Gasteiger partial charge in [-0.25, -0.2) is 13.4 Å².